The van der Waals surface area contributed by atoms with Crippen molar-refractivity contribution < 1.29 is 9.59 Å². The van der Waals surface area contributed by atoms with Crippen LogP contribution in [0.5, 0.6) is 0 Å². The van der Waals surface area contributed by atoms with Gasteiger partial charge in [0.25, 0.3) is 0 Å². The number of Topliss-reactive ketones (excluding diaryl/α,β-unsaturated/α-hetero) is 1. The minimum absolute atomic E-state index is 0.00154. The molecule has 5 nitrogen and oxygen atoms in total. The molecule has 1 N–H and O–H groups in total. The molecule has 160 valence electrons. The van der Waals surface area contributed by atoms with Crippen LogP contribution in [0.25, 0.3) is 0 Å². The topological polar surface area (TPSA) is 52.7 Å². The summed E-state index contributed by atoms with van der Waals surface area (Å²) in [5, 5.41) is 2.99. The molecule has 1 heterocycles. The number of nitrogens with one attached hydrogen (secondary N) is 1. The van der Waals surface area contributed by atoms with E-state index in [1.165, 1.54) is 5.56 Å². The van der Waals surface area contributed by atoms with Gasteiger partial charge in [-0.1, -0.05) is 30.3 Å². The highest BCUT2D eigenvalue weighted by Gasteiger charge is 2.26. The molecule has 0 aromatic heterocycles. The fraction of sp³-hybridized carbons (Fsp3) is 0.440. The first-order valence-electron chi connectivity index (χ1n) is 10.8. The lowest BCUT2D eigenvalue weighted by molar-refractivity contribution is -0.120. The van der Waals surface area contributed by atoms with E-state index in [1.807, 2.05) is 6.92 Å². The Labute approximate surface area is 180 Å². The third-order valence-corrected chi connectivity index (χ3v) is 6.12. The largest absolute Gasteiger partial charge is 0.325 e. The van der Waals surface area contributed by atoms with Crippen molar-refractivity contribution in [3.8, 4) is 0 Å². The summed E-state index contributed by atoms with van der Waals surface area (Å²) in [6, 6.07) is 18.0. The van der Waals surface area contributed by atoms with Gasteiger partial charge < -0.3 is 5.32 Å². The maximum Gasteiger partial charge on any atom is 0.241 e. The molecule has 0 saturated carbocycles. The van der Waals surface area contributed by atoms with Crippen LogP contribution in [0.1, 0.15) is 49.0 Å². The van der Waals surface area contributed by atoms with Crippen LogP contribution in [0.3, 0.4) is 0 Å². The van der Waals surface area contributed by atoms with Crippen molar-refractivity contribution in [3.05, 3.63) is 65.7 Å². The molecule has 1 aliphatic heterocycles. The number of benzene rings is 2. The summed E-state index contributed by atoms with van der Waals surface area (Å²) >= 11 is 0. The Hall–Kier alpha value is -2.50. The molecule has 1 fully saturated rings. The summed E-state index contributed by atoms with van der Waals surface area (Å²) in [7, 11) is 2.20. The zero-order valence-corrected chi connectivity index (χ0v) is 18.3. The summed E-state index contributed by atoms with van der Waals surface area (Å²) < 4.78 is 0. The molecular weight excluding hydrogens is 374 g/mol. The number of anilines is 1. The predicted molar refractivity (Wildman–Crippen MR) is 122 cm³/mol. The summed E-state index contributed by atoms with van der Waals surface area (Å²) in [4.78, 5) is 28.9. The molecule has 0 radical (unpaired) electrons. The van der Waals surface area contributed by atoms with Crippen molar-refractivity contribution in [2.45, 2.75) is 51.7 Å². The highest BCUT2D eigenvalue weighted by Crippen LogP contribution is 2.20. The van der Waals surface area contributed by atoms with E-state index in [0.29, 0.717) is 11.6 Å². The number of hydrogen-bond acceptors (Lipinski definition) is 4. The summed E-state index contributed by atoms with van der Waals surface area (Å²) in [5.41, 5.74) is 2.72. The molecule has 3 rings (SSSR count). The molecule has 5 heteroatoms. The molecule has 1 saturated heterocycles. The standard InChI is InChI=1S/C25H33N3O2/c1-19(25(30)26-23-13-11-22(12-14-23)20(2)29)28-16-7-10-24(15-17-28)27(3)18-21-8-5-4-6-9-21/h4-6,8-9,11-14,19,24H,7,10,15-18H2,1-3H3,(H,26,30)/t19-,24+/m0/s1. The van der Waals surface area contributed by atoms with Crippen LogP contribution >= 0.6 is 0 Å². The summed E-state index contributed by atoms with van der Waals surface area (Å²) in [6.07, 6.45) is 3.31. The molecule has 0 bridgehead atoms. The number of nitrogens with zero attached hydrogens (tertiary/aromatic N) is 2. The lowest BCUT2D eigenvalue weighted by Gasteiger charge is -2.29. The number of carbonyl (C=O) groups is 2. The van der Waals surface area contributed by atoms with Gasteiger partial charge in [-0.2, -0.15) is 0 Å². The second-order valence-electron chi connectivity index (χ2n) is 8.32. The zero-order chi connectivity index (χ0) is 21.5. The minimum Gasteiger partial charge on any atom is -0.325 e. The zero-order valence-electron chi connectivity index (χ0n) is 18.3. The second kappa shape index (κ2) is 10.5. The quantitative estimate of drug-likeness (QED) is 0.699. The van der Waals surface area contributed by atoms with Gasteiger partial charge in [-0.15, -0.1) is 0 Å². The lowest BCUT2D eigenvalue weighted by atomic mass is 10.1. The SMILES string of the molecule is CC(=O)c1ccc(NC(=O)[C@H](C)N2CCC[C@@H](N(C)Cc3ccccc3)CC2)cc1. The Balaban J connectivity index is 1.52. The Kier molecular flexibility index (Phi) is 7.77. The molecule has 2 aromatic rings. The van der Waals surface area contributed by atoms with E-state index in [0.717, 1.165) is 44.6 Å². The molecule has 1 aliphatic rings. The van der Waals surface area contributed by atoms with Crippen molar-refractivity contribution >= 4 is 17.4 Å². The highest BCUT2D eigenvalue weighted by atomic mass is 16.2. The van der Waals surface area contributed by atoms with E-state index in [1.54, 1.807) is 31.2 Å². The van der Waals surface area contributed by atoms with Crippen LogP contribution in [-0.2, 0) is 11.3 Å². The van der Waals surface area contributed by atoms with Gasteiger partial charge in [-0.25, -0.2) is 0 Å². The Morgan fingerprint density at radius 1 is 1.07 bits per heavy atom. The number of hydrogen-bond donors (Lipinski definition) is 1. The fourth-order valence-corrected chi connectivity index (χ4v) is 4.13. The summed E-state index contributed by atoms with van der Waals surface area (Å²) in [5.74, 6) is 0.0271. The van der Waals surface area contributed by atoms with E-state index in [9.17, 15) is 9.59 Å². The van der Waals surface area contributed by atoms with Crippen molar-refractivity contribution in [2.75, 3.05) is 25.5 Å². The van der Waals surface area contributed by atoms with E-state index in [4.69, 9.17) is 0 Å². The molecule has 0 spiro atoms. The minimum atomic E-state index is -0.185. The first-order chi connectivity index (χ1) is 14.4. The normalized spacial score (nSPS) is 18.6. The van der Waals surface area contributed by atoms with Crippen LogP contribution < -0.4 is 5.32 Å². The Bertz CT molecular complexity index is 835. The molecule has 0 unspecified atom stereocenters. The fourth-order valence-electron chi connectivity index (χ4n) is 4.13. The number of rotatable bonds is 7. The molecule has 30 heavy (non-hydrogen) atoms. The maximum atomic E-state index is 12.8. The number of carbonyl (C=O) groups excluding carboxylic acids is 2. The monoisotopic (exact) mass is 407 g/mol. The molecular formula is C25H33N3O2. The maximum absolute atomic E-state index is 12.8. The van der Waals surface area contributed by atoms with Crippen molar-refractivity contribution in [1.82, 2.24) is 9.80 Å². The lowest BCUT2D eigenvalue weighted by Crippen LogP contribution is -2.43. The van der Waals surface area contributed by atoms with Gasteiger partial charge in [-0.05, 0) is 76.5 Å². The van der Waals surface area contributed by atoms with Crippen LogP contribution in [0.15, 0.2) is 54.6 Å². The van der Waals surface area contributed by atoms with Gasteiger partial charge in [-0.3, -0.25) is 19.4 Å². The van der Waals surface area contributed by atoms with E-state index >= 15 is 0 Å². The average molecular weight is 408 g/mol. The van der Waals surface area contributed by atoms with E-state index in [-0.39, 0.29) is 17.7 Å². The summed E-state index contributed by atoms with van der Waals surface area (Å²) in [6.45, 7) is 6.33. The van der Waals surface area contributed by atoms with Gasteiger partial charge >= 0.3 is 0 Å². The number of amides is 1. The van der Waals surface area contributed by atoms with E-state index < -0.39 is 0 Å². The Morgan fingerprint density at radius 3 is 2.43 bits per heavy atom. The highest BCUT2D eigenvalue weighted by molar-refractivity contribution is 5.96. The van der Waals surface area contributed by atoms with Crippen molar-refractivity contribution in [1.29, 1.82) is 0 Å². The van der Waals surface area contributed by atoms with Crippen LogP contribution in [0.4, 0.5) is 5.69 Å². The van der Waals surface area contributed by atoms with Crippen molar-refractivity contribution in [3.63, 3.8) is 0 Å². The molecule has 2 aromatic carbocycles. The van der Waals surface area contributed by atoms with Gasteiger partial charge in [0.2, 0.25) is 5.91 Å². The first kappa shape index (κ1) is 22.2. The van der Waals surface area contributed by atoms with Gasteiger partial charge in [0, 0.05) is 30.4 Å². The number of likely N-dealkylation sites (tertiary alicyclic amines) is 1. The molecule has 0 aliphatic carbocycles. The Morgan fingerprint density at radius 2 is 1.77 bits per heavy atom. The van der Waals surface area contributed by atoms with Gasteiger partial charge in [0.05, 0.1) is 6.04 Å². The van der Waals surface area contributed by atoms with Gasteiger partial charge in [0.15, 0.2) is 5.78 Å². The van der Waals surface area contributed by atoms with Crippen LogP contribution in [0, 0.1) is 0 Å². The predicted octanol–water partition coefficient (Wildman–Crippen LogP) is 4.20. The molecule has 1 amide bonds. The van der Waals surface area contributed by atoms with Crippen LogP contribution in [0.2, 0.25) is 0 Å². The van der Waals surface area contributed by atoms with Crippen molar-refractivity contribution in [2.24, 2.45) is 0 Å². The number of ketones is 1. The third-order valence-electron chi connectivity index (χ3n) is 6.12. The first-order valence-corrected chi connectivity index (χ1v) is 10.8. The smallest absolute Gasteiger partial charge is 0.241 e. The molecule has 2 atom stereocenters. The van der Waals surface area contributed by atoms with Gasteiger partial charge in [0.1, 0.15) is 0 Å². The van der Waals surface area contributed by atoms with Crippen LogP contribution in [-0.4, -0.2) is 53.7 Å². The average Bonchev–Trinajstić information content (AvgIpc) is 3.00. The second-order valence-corrected chi connectivity index (χ2v) is 8.32. The third kappa shape index (κ3) is 6.00. The van der Waals surface area contributed by atoms with E-state index in [2.05, 4.69) is 52.5 Å².